The van der Waals surface area contributed by atoms with Gasteiger partial charge in [-0.2, -0.15) is 0 Å². The minimum absolute atomic E-state index is 0.0886. The van der Waals surface area contributed by atoms with Crippen LogP contribution in [0.4, 0.5) is 11.4 Å². The summed E-state index contributed by atoms with van der Waals surface area (Å²) in [6.45, 7) is 2.38. The van der Waals surface area contributed by atoms with Crippen LogP contribution in [0.5, 0.6) is 5.75 Å². The minimum atomic E-state index is -3.81. The Morgan fingerprint density at radius 2 is 1.68 bits per heavy atom. The van der Waals surface area contributed by atoms with Gasteiger partial charge >= 0.3 is 0 Å². The van der Waals surface area contributed by atoms with Crippen LogP contribution >= 0.6 is 23.2 Å². The number of benzene rings is 3. The van der Waals surface area contributed by atoms with E-state index in [1.54, 1.807) is 71.8 Å². The summed E-state index contributed by atoms with van der Waals surface area (Å²) in [5.41, 5.74) is 2.16. The number of imidazole rings is 1. The summed E-state index contributed by atoms with van der Waals surface area (Å²) < 4.78 is 34.0. The monoisotopic (exact) mass is 599 g/mol. The Balaban J connectivity index is 1.23. The predicted octanol–water partition coefficient (Wildman–Crippen LogP) is 4.84. The topological polar surface area (TPSA) is 98.8 Å². The molecular formula is C28H27Cl2N5O4S. The van der Waals surface area contributed by atoms with Crippen molar-refractivity contribution in [1.82, 2.24) is 14.9 Å². The fourth-order valence-electron chi connectivity index (χ4n) is 4.41. The van der Waals surface area contributed by atoms with Crippen molar-refractivity contribution in [2.45, 2.75) is 11.4 Å². The molecule has 0 aliphatic carbocycles. The molecule has 9 nitrogen and oxygen atoms in total. The van der Waals surface area contributed by atoms with Gasteiger partial charge in [0, 0.05) is 44.1 Å². The molecule has 0 radical (unpaired) electrons. The van der Waals surface area contributed by atoms with E-state index in [9.17, 15) is 13.2 Å². The number of hydrogen-bond donors (Lipinski definition) is 1. The molecule has 1 saturated heterocycles. The second-order valence-corrected chi connectivity index (χ2v) is 11.8. The molecule has 1 fully saturated rings. The number of halogens is 2. The fourth-order valence-corrected chi connectivity index (χ4v) is 6.16. The normalized spacial score (nSPS) is 13.8. The van der Waals surface area contributed by atoms with Crippen LogP contribution in [0, 0.1) is 0 Å². The molecule has 4 aromatic rings. The third kappa shape index (κ3) is 6.35. The van der Waals surface area contributed by atoms with Crippen molar-refractivity contribution in [2.75, 3.05) is 42.0 Å². The third-order valence-corrected chi connectivity index (χ3v) is 9.12. The lowest BCUT2D eigenvalue weighted by Crippen LogP contribution is -2.50. The van der Waals surface area contributed by atoms with Crippen molar-refractivity contribution in [3.8, 4) is 5.75 Å². The average Bonchev–Trinajstić information content (AvgIpc) is 3.50. The Morgan fingerprint density at radius 3 is 2.33 bits per heavy atom. The van der Waals surface area contributed by atoms with E-state index in [-0.39, 0.29) is 24.0 Å². The number of amides is 1. The molecule has 1 N–H and O–H groups in total. The van der Waals surface area contributed by atoms with Crippen LogP contribution in [-0.2, 0) is 21.4 Å². The van der Waals surface area contributed by atoms with Crippen molar-refractivity contribution in [1.29, 1.82) is 0 Å². The van der Waals surface area contributed by atoms with Crippen molar-refractivity contribution in [2.24, 2.45) is 0 Å². The van der Waals surface area contributed by atoms with E-state index < -0.39 is 10.0 Å². The summed E-state index contributed by atoms with van der Waals surface area (Å²) >= 11 is 11.9. The van der Waals surface area contributed by atoms with Gasteiger partial charge in [-0.25, -0.2) is 13.4 Å². The first-order chi connectivity index (χ1) is 19.3. The van der Waals surface area contributed by atoms with E-state index >= 15 is 0 Å². The molecule has 1 aliphatic rings. The molecule has 0 atom stereocenters. The van der Waals surface area contributed by atoms with Crippen molar-refractivity contribution in [3.05, 3.63) is 101 Å². The smallest absolute Gasteiger partial charge is 0.264 e. The third-order valence-electron chi connectivity index (χ3n) is 6.59. The second-order valence-electron chi connectivity index (χ2n) is 9.15. The van der Waals surface area contributed by atoms with Gasteiger partial charge in [-0.05, 0) is 48.5 Å². The summed E-state index contributed by atoms with van der Waals surface area (Å²) in [6.07, 6.45) is 3.13. The van der Waals surface area contributed by atoms with E-state index in [4.69, 9.17) is 27.9 Å². The molecular weight excluding hydrogens is 573 g/mol. The summed E-state index contributed by atoms with van der Waals surface area (Å²) in [7, 11) is -3.81. The lowest BCUT2D eigenvalue weighted by Gasteiger charge is -2.36. The van der Waals surface area contributed by atoms with Gasteiger partial charge in [0.15, 0.2) is 6.61 Å². The minimum Gasteiger partial charge on any atom is -0.484 e. The first-order valence-electron chi connectivity index (χ1n) is 12.6. The highest BCUT2D eigenvalue weighted by Crippen LogP contribution is 2.29. The predicted molar refractivity (Wildman–Crippen MR) is 156 cm³/mol. The van der Waals surface area contributed by atoms with Crippen LogP contribution in [-0.4, -0.2) is 62.0 Å². The lowest BCUT2D eigenvalue weighted by molar-refractivity contribution is -0.133. The van der Waals surface area contributed by atoms with Crippen molar-refractivity contribution < 1.29 is 17.9 Å². The SMILES string of the molecule is O=C(COc1ccc(Cl)c(Cl)c1)N1CCN(c2ccc(N(Cc3cnc[nH]3)S(=O)(=O)c3ccccc3)cc2)CC1. The number of piperazine rings is 1. The van der Waals surface area contributed by atoms with Gasteiger partial charge in [0.25, 0.3) is 15.9 Å². The highest BCUT2D eigenvalue weighted by molar-refractivity contribution is 7.92. The molecule has 1 amide bonds. The van der Waals surface area contributed by atoms with Crippen molar-refractivity contribution in [3.63, 3.8) is 0 Å². The summed E-state index contributed by atoms with van der Waals surface area (Å²) in [5.74, 6) is 0.374. The molecule has 2 heterocycles. The van der Waals surface area contributed by atoms with E-state index in [1.807, 2.05) is 12.1 Å². The number of nitrogens with zero attached hydrogens (tertiary/aromatic N) is 4. The van der Waals surface area contributed by atoms with Gasteiger partial charge in [-0.1, -0.05) is 41.4 Å². The fraction of sp³-hybridized carbons (Fsp3) is 0.214. The maximum Gasteiger partial charge on any atom is 0.264 e. The number of carbonyl (C=O) groups is 1. The number of ether oxygens (including phenoxy) is 1. The van der Waals surface area contributed by atoms with Crippen LogP contribution in [0.25, 0.3) is 0 Å². The zero-order chi connectivity index (χ0) is 28.1. The second kappa shape index (κ2) is 12.2. The van der Waals surface area contributed by atoms with Crippen LogP contribution in [0.2, 0.25) is 10.0 Å². The van der Waals surface area contributed by atoms with Crippen molar-refractivity contribution >= 4 is 50.5 Å². The van der Waals surface area contributed by atoms with Gasteiger partial charge in [-0.15, -0.1) is 0 Å². The standard InChI is InChI=1S/C28H27Cl2N5O4S/c29-26-11-10-24(16-27(26)30)39-19-28(36)34-14-12-33(13-15-34)22-6-8-23(9-7-22)35(18-21-17-31-20-32-21)40(37,38)25-4-2-1-3-5-25/h1-11,16-17,20H,12-15,18-19H2,(H,31,32). The van der Waals surface area contributed by atoms with Crippen LogP contribution in [0.1, 0.15) is 5.69 Å². The van der Waals surface area contributed by atoms with E-state index in [0.717, 1.165) is 5.69 Å². The number of anilines is 2. The maximum absolute atomic E-state index is 13.5. The summed E-state index contributed by atoms with van der Waals surface area (Å²) in [4.78, 5) is 23.8. The van der Waals surface area contributed by atoms with Crippen LogP contribution in [0.3, 0.4) is 0 Å². The number of nitrogens with one attached hydrogen (secondary N) is 1. The van der Waals surface area contributed by atoms with Gasteiger partial charge in [0.05, 0.1) is 39.2 Å². The first kappa shape index (κ1) is 27.8. The van der Waals surface area contributed by atoms with E-state index in [1.165, 1.54) is 10.6 Å². The molecule has 0 saturated carbocycles. The molecule has 3 aromatic carbocycles. The zero-order valence-electron chi connectivity index (χ0n) is 21.4. The molecule has 1 aromatic heterocycles. The summed E-state index contributed by atoms with van der Waals surface area (Å²) in [6, 6.07) is 20.6. The number of aromatic amines is 1. The molecule has 208 valence electrons. The average molecular weight is 601 g/mol. The molecule has 0 spiro atoms. The number of rotatable bonds is 9. The quantitative estimate of drug-likeness (QED) is 0.295. The number of hydrogen-bond acceptors (Lipinski definition) is 6. The van der Waals surface area contributed by atoms with Gasteiger partial charge in [-0.3, -0.25) is 9.10 Å². The Bertz CT molecular complexity index is 1540. The highest BCUT2D eigenvalue weighted by Gasteiger charge is 2.26. The van der Waals surface area contributed by atoms with Crippen LogP contribution < -0.4 is 13.9 Å². The van der Waals surface area contributed by atoms with E-state index in [0.29, 0.717) is 53.4 Å². The number of sulfonamides is 1. The molecule has 0 bridgehead atoms. The lowest BCUT2D eigenvalue weighted by atomic mass is 10.2. The number of aromatic nitrogens is 2. The van der Waals surface area contributed by atoms with Gasteiger partial charge < -0.3 is 19.5 Å². The van der Waals surface area contributed by atoms with E-state index in [2.05, 4.69) is 14.9 Å². The van der Waals surface area contributed by atoms with Gasteiger partial charge in [0.1, 0.15) is 5.75 Å². The largest absolute Gasteiger partial charge is 0.484 e. The molecule has 5 rings (SSSR count). The zero-order valence-corrected chi connectivity index (χ0v) is 23.7. The highest BCUT2D eigenvalue weighted by atomic mass is 35.5. The Morgan fingerprint density at radius 1 is 0.950 bits per heavy atom. The summed E-state index contributed by atoms with van der Waals surface area (Å²) in [5, 5.41) is 0.793. The first-order valence-corrected chi connectivity index (χ1v) is 14.8. The van der Waals surface area contributed by atoms with Crippen LogP contribution in [0.15, 0.2) is 90.2 Å². The maximum atomic E-state index is 13.5. The number of H-pyrrole nitrogens is 1. The Kier molecular flexibility index (Phi) is 8.49. The molecule has 40 heavy (non-hydrogen) atoms. The van der Waals surface area contributed by atoms with Gasteiger partial charge in [0.2, 0.25) is 0 Å². The number of carbonyl (C=O) groups excluding carboxylic acids is 1. The Labute approximate surface area is 243 Å². The molecule has 0 unspecified atom stereocenters. The molecule has 12 heteroatoms. The Hall–Kier alpha value is -3.73. The molecule has 1 aliphatic heterocycles.